The van der Waals surface area contributed by atoms with Gasteiger partial charge >= 0.3 is 5.97 Å². The SMILES string of the molecule is CC(=O)c1ccccc1NC(=O)[C@H](C)OC(=O)CN1C(=O)[C@H]2CC=CC[C@H]2C1=O. The van der Waals surface area contributed by atoms with Gasteiger partial charge in [-0.1, -0.05) is 24.3 Å². The summed E-state index contributed by atoms with van der Waals surface area (Å²) in [4.78, 5) is 61.9. The van der Waals surface area contributed by atoms with Crippen molar-refractivity contribution in [3.05, 3.63) is 42.0 Å². The van der Waals surface area contributed by atoms with E-state index < -0.39 is 36.4 Å². The van der Waals surface area contributed by atoms with E-state index in [1.54, 1.807) is 24.3 Å². The van der Waals surface area contributed by atoms with Crippen LogP contribution in [-0.2, 0) is 23.9 Å². The van der Waals surface area contributed by atoms with Gasteiger partial charge < -0.3 is 10.1 Å². The molecule has 1 aromatic carbocycles. The van der Waals surface area contributed by atoms with E-state index in [0.717, 1.165) is 4.90 Å². The van der Waals surface area contributed by atoms with Crippen molar-refractivity contribution in [2.24, 2.45) is 11.8 Å². The lowest BCUT2D eigenvalue weighted by atomic mass is 9.85. The number of nitrogens with zero attached hydrogens (tertiary/aromatic N) is 1. The van der Waals surface area contributed by atoms with Gasteiger partial charge in [-0.05, 0) is 38.8 Å². The second kappa shape index (κ2) is 8.38. The number of hydrogen-bond donors (Lipinski definition) is 1. The Kier molecular flexibility index (Phi) is 5.91. The number of imide groups is 1. The van der Waals surface area contributed by atoms with Crippen LogP contribution in [0, 0.1) is 11.8 Å². The highest BCUT2D eigenvalue weighted by Gasteiger charge is 2.47. The summed E-state index contributed by atoms with van der Waals surface area (Å²) in [5, 5.41) is 2.56. The first kappa shape index (κ1) is 20.4. The van der Waals surface area contributed by atoms with E-state index in [4.69, 9.17) is 4.74 Å². The number of benzene rings is 1. The molecule has 3 rings (SSSR count). The van der Waals surface area contributed by atoms with Crippen LogP contribution in [0.3, 0.4) is 0 Å². The molecule has 1 aliphatic heterocycles. The Morgan fingerprint density at radius 3 is 2.28 bits per heavy atom. The first-order valence-corrected chi connectivity index (χ1v) is 9.40. The summed E-state index contributed by atoms with van der Waals surface area (Å²) in [7, 11) is 0. The number of amides is 3. The van der Waals surface area contributed by atoms with Gasteiger partial charge in [-0.25, -0.2) is 0 Å². The maximum Gasteiger partial charge on any atom is 0.326 e. The molecule has 152 valence electrons. The number of anilines is 1. The molecule has 0 spiro atoms. The van der Waals surface area contributed by atoms with Crippen LogP contribution >= 0.6 is 0 Å². The van der Waals surface area contributed by atoms with Crippen molar-refractivity contribution in [3.63, 3.8) is 0 Å². The van der Waals surface area contributed by atoms with Gasteiger partial charge in [0.05, 0.1) is 17.5 Å². The van der Waals surface area contributed by atoms with Crippen LogP contribution < -0.4 is 5.32 Å². The van der Waals surface area contributed by atoms with Crippen LogP contribution in [0.25, 0.3) is 0 Å². The third-order valence-electron chi connectivity index (χ3n) is 5.13. The number of rotatable bonds is 6. The van der Waals surface area contributed by atoms with E-state index in [0.29, 0.717) is 24.1 Å². The fourth-order valence-electron chi connectivity index (χ4n) is 3.58. The maximum atomic E-state index is 12.4. The van der Waals surface area contributed by atoms with Crippen molar-refractivity contribution < 1.29 is 28.7 Å². The Hall–Kier alpha value is -3.29. The van der Waals surface area contributed by atoms with Crippen molar-refractivity contribution in [1.29, 1.82) is 0 Å². The lowest BCUT2D eigenvalue weighted by Crippen LogP contribution is -2.39. The normalized spacial score (nSPS) is 21.5. The summed E-state index contributed by atoms with van der Waals surface area (Å²) in [6.45, 7) is 2.24. The minimum absolute atomic E-state index is 0.215. The van der Waals surface area contributed by atoms with Crippen LogP contribution in [0.15, 0.2) is 36.4 Å². The molecule has 2 aliphatic rings. The molecule has 8 heteroatoms. The fourth-order valence-corrected chi connectivity index (χ4v) is 3.58. The zero-order chi connectivity index (χ0) is 21.1. The molecule has 0 saturated carbocycles. The van der Waals surface area contributed by atoms with Gasteiger partial charge in [0, 0.05) is 5.56 Å². The number of esters is 1. The summed E-state index contributed by atoms with van der Waals surface area (Å²) in [5.74, 6) is -3.30. The van der Waals surface area contributed by atoms with Gasteiger partial charge in [0.15, 0.2) is 11.9 Å². The summed E-state index contributed by atoms with van der Waals surface area (Å²) < 4.78 is 5.10. The number of ketones is 1. The monoisotopic (exact) mass is 398 g/mol. The van der Waals surface area contributed by atoms with Crippen molar-refractivity contribution in [2.45, 2.75) is 32.8 Å². The molecule has 3 atom stereocenters. The number of fused-ring (bicyclic) bond motifs is 1. The number of carbonyl (C=O) groups is 5. The van der Waals surface area contributed by atoms with Crippen LogP contribution in [0.2, 0.25) is 0 Å². The van der Waals surface area contributed by atoms with E-state index in [-0.39, 0.29) is 17.6 Å². The summed E-state index contributed by atoms with van der Waals surface area (Å²) in [6, 6.07) is 6.48. The molecule has 0 aromatic heterocycles. The van der Waals surface area contributed by atoms with Gasteiger partial charge in [0.2, 0.25) is 11.8 Å². The molecule has 1 heterocycles. The maximum absolute atomic E-state index is 12.4. The van der Waals surface area contributed by atoms with E-state index in [9.17, 15) is 24.0 Å². The van der Waals surface area contributed by atoms with Crippen LogP contribution in [-0.4, -0.2) is 47.0 Å². The topological polar surface area (TPSA) is 110 Å². The molecule has 1 aromatic rings. The van der Waals surface area contributed by atoms with Gasteiger partial charge in [-0.15, -0.1) is 0 Å². The number of hydrogen-bond acceptors (Lipinski definition) is 6. The molecule has 1 aliphatic carbocycles. The van der Waals surface area contributed by atoms with E-state index in [1.165, 1.54) is 13.8 Å². The standard InChI is InChI=1S/C21H22N2O6/c1-12(24)14-7-5-6-10-17(14)22-19(26)13(2)29-18(25)11-23-20(27)15-8-3-4-9-16(15)21(23)28/h3-7,10,13,15-16H,8-9,11H2,1-2H3,(H,22,26)/t13-,15-,16+/m0/s1. The zero-order valence-electron chi connectivity index (χ0n) is 16.2. The highest BCUT2D eigenvalue weighted by molar-refractivity contribution is 6.07. The zero-order valence-corrected chi connectivity index (χ0v) is 16.2. The molecule has 3 amide bonds. The molecule has 0 bridgehead atoms. The van der Waals surface area contributed by atoms with Crippen molar-refractivity contribution >= 4 is 35.2 Å². The molecule has 1 saturated heterocycles. The third-order valence-corrected chi connectivity index (χ3v) is 5.13. The Labute approximate surface area is 167 Å². The van der Waals surface area contributed by atoms with E-state index in [2.05, 4.69) is 5.32 Å². The number of Topliss-reactive ketones (excluding diaryl/α,β-unsaturated/α-hetero) is 1. The fraction of sp³-hybridized carbons (Fsp3) is 0.381. The molecule has 29 heavy (non-hydrogen) atoms. The minimum atomic E-state index is -1.17. The van der Waals surface area contributed by atoms with Gasteiger partial charge in [0.1, 0.15) is 6.54 Å². The highest BCUT2D eigenvalue weighted by atomic mass is 16.5. The molecule has 0 unspecified atom stereocenters. The second-order valence-corrected chi connectivity index (χ2v) is 7.14. The molecule has 1 fully saturated rings. The number of carbonyl (C=O) groups excluding carboxylic acids is 5. The number of ether oxygens (including phenoxy) is 1. The predicted molar refractivity (Wildman–Crippen MR) is 103 cm³/mol. The lowest BCUT2D eigenvalue weighted by Gasteiger charge is -2.17. The molecule has 8 nitrogen and oxygen atoms in total. The average Bonchev–Trinajstić information content (AvgIpc) is 2.93. The Balaban J connectivity index is 1.58. The molecular formula is C21H22N2O6. The van der Waals surface area contributed by atoms with Gasteiger partial charge in [0.25, 0.3) is 5.91 Å². The molecule has 0 radical (unpaired) electrons. The number of allylic oxidation sites excluding steroid dienone is 2. The quantitative estimate of drug-likeness (QED) is 0.338. The average molecular weight is 398 g/mol. The van der Waals surface area contributed by atoms with E-state index >= 15 is 0 Å². The van der Waals surface area contributed by atoms with Crippen molar-refractivity contribution in [3.8, 4) is 0 Å². The Bertz CT molecular complexity index is 880. The van der Waals surface area contributed by atoms with Gasteiger partial charge in [-0.2, -0.15) is 0 Å². The molecule has 1 N–H and O–H groups in total. The van der Waals surface area contributed by atoms with Crippen molar-refractivity contribution in [2.75, 3.05) is 11.9 Å². The lowest BCUT2D eigenvalue weighted by molar-refractivity contribution is -0.158. The van der Waals surface area contributed by atoms with Crippen LogP contribution in [0.1, 0.15) is 37.0 Å². The molecular weight excluding hydrogens is 376 g/mol. The summed E-state index contributed by atoms with van der Waals surface area (Å²) >= 11 is 0. The van der Waals surface area contributed by atoms with Gasteiger partial charge in [-0.3, -0.25) is 28.9 Å². The minimum Gasteiger partial charge on any atom is -0.451 e. The predicted octanol–water partition coefficient (Wildman–Crippen LogP) is 1.71. The summed E-state index contributed by atoms with van der Waals surface area (Å²) in [6.07, 6.45) is 3.52. The first-order valence-electron chi connectivity index (χ1n) is 9.40. The Morgan fingerprint density at radius 1 is 1.10 bits per heavy atom. The first-order chi connectivity index (χ1) is 13.8. The smallest absolute Gasteiger partial charge is 0.326 e. The number of para-hydroxylation sites is 1. The van der Waals surface area contributed by atoms with Crippen LogP contribution in [0.4, 0.5) is 5.69 Å². The summed E-state index contributed by atoms with van der Waals surface area (Å²) in [5.41, 5.74) is 0.651. The highest BCUT2D eigenvalue weighted by Crippen LogP contribution is 2.34. The number of likely N-dealkylation sites (tertiary alicyclic amines) is 1. The third kappa shape index (κ3) is 4.26. The largest absolute Gasteiger partial charge is 0.451 e. The van der Waals surface area contributed by atoms with E-state index in [1.807, 2.05) is 12.2 Å². The number of nitrogens with one attached hydrogen (secondary N) is 1. The van der Waals surface area contributed by atoms with Crippen molar-refractivity contribution in [1.82, 2.24) is 4.90 Å². The van der Waals surface area contributed by atoms with Crippen LogP contribution in [0.5, 0.6) is 0 Å². The second-order valence-electron chi connectivity index (χ2n) is 7.14. The Morgan fingerprint density at radius 2 is 1.69 bits per heavy atom.